The van der Waals surface area contributed by atoms with E-state index in [0.717, 1.165) is 0 Å². The fourth-order valence-electron chi connectivity index (χ4n) is 15.4. The van der Waals surface area contributed by atoms with E-state index < -0.39 is 0 Å². The monoisotopic (exact) mass is 1020 g/mol. The highest BCUT2D eigenvalue weighted by Crippen LogP contribution is 2.56. The van der Waals surface area contributed by atoms with Gasteiger partial charge in [-0.2, -0.15) is 0 Å². The second-order valence-electron chi connectivity index (χ2n) is 27.5. The summed E-state index contributed by atoms with van der Waals surface area (Å²) in [5.74, 6) is 0.492. The summed E-state index contributed by atoms with van der Waals surface area (Å²) in [4.78, 5) is 5.55. The minimum atomic E-state index is -0.221. The lowest BCUT2D eigenvalue weighted by Gasteiger charge is -2.49. The number of fused-ring (bicyclic) bond motifs is 10. The van der Waals surface area contributed by atoms with Crippen LogP contribution in [0.15, 0.2) is 146 Å². The summed E-state index contributed by atoms with van der Waals surface area (Å²) in [6.45, 7) is 29.4. The Morgan fingerprint density at radius 2 is 1.04 bits per heavy atom. The van der Waals surface area contributed by atoms with Crippen molar-refractivity contribution in [1.82, 2.24) is 0 Å². The molecule has 8 aromatic carbocycles. The Morgan fingerprint density at radius 1 is 0.481 bits per heavy atom. The minimum Gasteiger partial charge on any atom is -0.311 e. The maximum atomic E-state index is 2.81. The average Bonchev–Trinajstić information content (AvgIpc) is 3.96. The van der Waals surface area contributed by atoms with Gasteiger partial charge in [0, 0.05) is 59.6 Å². The predicted octanol–water partition coefficient (Wildman–Crippen LogP) is 18.8. The van der Waals surface area contributed by atoms with E-state index in [1.54, 1.807) is 0 Å². The second kappa shape index (κ2) is 16.8. The fourth-order valence-corrected chi connectivity index (χ4v) is 16.5. The molecule has 0 bridgehead atoms. The zero-order valence-corrected chi connectivity index (χ0v) is 48.6. The third-order valence-corrected chi connectivity index (χ3v) is 21.2. The van der Waals surface area contributed by atoms with Crippen LogP contribution in [0.3, 0.4) is 0 Å². The van der Waals surface area contributed by atoms with E-state index in [2.05, 4.69) is 238 Å². The summed E-state index contributed by atoms with van der Waals surface area (Å²) in [6, 6.07) is 58.4. The van der Waals surface area contributed by atoms with E-state index in [0.29, 0.717) is 5.92 Å². The van der Waals surface area contributed by atoms with Gasteiger partial charge in [0.1, 0.15) is 0 Å². The molecule has 0 radical (unpaired) electrons. The smallest absolute Gasteiger partial charge is 0.252 e. The van der Waals surface area contributed by atoms with Crippen molar-refractivity contribution in [2.45, 2.75) is 161 Å². The van der Waals surface area contributed by atoms with Crippen molar-refractivity contribution in [2.24, 2.45) is 0 Å². The highest BCUT2D eigenvalue weighted by Gasteiger charge is 2.49. The Labute approximate surface area is 463 Å². The normalized spacial score (nSPS) is 18.6. The third kappa shape index (κ3) is 7.25. The molecule has 0 atom stereocenters. The molecule has 3 aliphatic carbocycles. The van der Waals surface area contributed by atoms with Crippen molar-refractivity contribution in [1.29, 1.82) is 0 Å². The van der Waals surface area contributed by atoms with Crippen molar-refractivity contribution in [2.75, 3.05) is 9.80 Å². The molecule has 2 nitrogen and oxygen atoms in total. The lowest BCUT2D eigenvalue weighted by Crippen LogP contribution is -2.62. The summed E-state index contributed by atoms with van der Waals surface area (Å²) in [5.41, 5.74) is 27.3. The van der Waals surface area contributed by atoms with Crippen molar-refractivity contribution in [3.8, 4) is 11.1 Å². The number of para-hydroxylation sites is 1. The maximum Gasteiger partial charge on any atom is 0.252 e. The topological polar surface area (TPSA) is 6.48 Å². The van der Waals surface area contributed by atoms with E-state index in [9.17, 15) is 0 Å². The molecule has 1 fully saturated rings. The summed E-state index contributed by atoms with van der Waals surface area (Å²) in [6.07, 6.45) is 8.71. The first-order valence-corrected chi connectivity index (χ1v) is 29.9. The highest BCUT2D eigenvalue weighted by molar-refractivity contribution is 7.26. The van der Waals surface area contributed by atoms with Gasteiger partial charge in [-0.3, -0.25) is 0 Å². The first-order chi connectivity index (χ1) is 36.7. The summed E-state index contributed by atoms with van der Waals surface area (Å²) in [5, 5.41) is 2.73. The quantitative estimate of drug-likeness (QED) is 0.162. The Kier molecular flexibility index (Phi) is 10.7. The van der Waals surface area contributed by atoms with Crippen LogP contribution < -0.4 is 26.2 Å². The number of hydrogen-bond acceptors (Lipinski definition) is 3. The van der Waals surface area contributed by atoms with Crippen LogP contribution in [0.1, 0.15) is 177 Å². The minimum absolute atomic E-state index is 0.0263. The number of rotatable bonds is 4. The summed E-state index contributed by atoms with van der Waals surface area (Å²) < 4.78 is 2.70. The van der Waals surface area contributed by atoms with Gasteiger partial charge in [0.25, 0.3) is 6.71 Å². The van der Waals surface area contributed by atoms with Gasteiger partial charge in [-0.25, -0.2) is 0 Å². The van der Waals surface area contributed by atoms with Crippen LogP contribution in [0.4, 0.5) is 34.1 Å². The lowest BCUT2D eigenvalue weighted by atomic mass is 9.33. The molecule has 0 spiro atoms. The molecular weight excluding hydrogens is 948 g/mol. The van der Waals surface area contributed by atoms with Gasteiger partial charge >= 0.3 is 0 Å². The van der Waals surface area contributed by atoms with Crippen LogP contribution in [0.25, 0.3) is 31.3 Å². The lowest BCUT2D eigenvalue weighted by molar-refractivity contribution is 0.332. The molecule has 5 aliphatic rings. The van der Waals surface area contributed by atoms with Crippen LogP contribution in [0, 0.1) is 6.92 Å². The van der Waals surface area contributed by atoms with Crippen LogP contribution in [0.2, 0.25) is 0 Å². The molecule has 4 heteroatoms. The molecule has 1 aromatic heterocycles. The number of anilines is 6. The van der Waals surface area contributed by atoms with Crippen molar-refractivity contribution in [3.63, 3.8) is 0 Å². The molecule has 2 aliphatic heterocycles. The largest absolute Gasteiger partial charge is 0.311 e. The Hall–Kier alpha value is -6.36. The van der Waals surface area contributed by atoms with Crippen LogP contribution >= 0.6 is 11.3 Å². The number of benzene rings is 8. The SMILES string of the molecule is Cc1cc2c(cc1N1c3cc4c(cc3B3c5cc6c(cc5N(c5ccccc5-c5ccccc5)c5cc(C7CCCCC7)cc1c53)sc1ccc(C(C)(C)C)cc16)C(C)(C)c1ccccc1C4(C)C)C(C)(C)CCC2(C)C. The first kappa shape index (κ1) is 49.0. The highest BCUT2D eigenvalue weighted by atomic mass is 32.1. The maximum absolute atomic E-state index is 2.81. The van der Waals surface area contributed by atoms with Gasteiger partial charge in [-0.05, 0) is 181 Å². The van der Waals surface area contributed by atoms with Crippen molar-refractivity contribution >= 4 is 88.7 Å². The number of hydrogen-bond donors (Lipinski definition) is 0. The summed E-state index contributed by atoms with van der Waals surface area (Å²) in [7, 11) is 0. The average molecular weight is 1020 g/mol. The van der Waals surface area contributed by atoms with Crippen LogP contribution in [-0.2, 0) is 27.1 Å². The van der Waals surface area contributed by atoms with Crippen molar-refractivity contribution < 1.29 is 0 Å². The summed E-state index contributed by atoms with van der Waals surface area (Å²) >= 11 is 1.96. The predicted molar refractivity (Wildman–Crippen MR) is 334 cm³/mol. The zero-order valence-electron chi connectivity index (χ0n) is 47.8. The van der Waals surface area contributed by atoms with Crippen LogP contribution in [-0.4, -0.2) is 6.71 Å². The molecule has 3 heterocycles. The number of nitrogens with zero attached hydrogens (tertiary/aromatic N) is 2. The molecule has 386 valence electrons. The van der Waals surface area contributed by atoms with E-state index in [-0.39, 0.29) is 33.8 Å². The van der Waals surface area contributed by atoms with Gasteiger partial charge in [0.05, 0.1) is 5.69 Å². The molecule has 0 amide bonds. The van der Waals surface area contributed by atoms with Crippen molar-refractivity contribution in [3.05, 3.63) is 196 Å². The van der Waals surface area contributed by atoms with Crippen LogP contribution in [0.5, 0.6) is 0 Å². The Bertz CT molecular complexity index is 3930. The molecule has 14 rings (SSSR count). The number of thiophene rings is 1. The zero-order chi connectivity index (χ0) is 53.3. The Balaban J connectivity index is 1.15. The van der Waals surface area contributed by atoms with Gasteiger partial charge in [-0.15, -0.1) is 11.3 Å². The molecule has 0 N–H and O–H groups in total. The first-order valence-electron chi connectivity index (χ1n) is 29.1. The van der Waals surface area contributed by atoms with Gasteiger partial charge in [0.2, 0.25) is 0 Å². The van der Waals surface area contributed by atoms with E-state index in [1.807, 2.05) is 11.3 Å². The van der Waals surface area contributed by atoms with Gasteiger partial charge < -0.3 is 9.80 Å². The van der Waals surface area contributed by atoms with Gasteiger partial charge in [-0.1, -0.05) is 192 Å². The number of aryl methyl sites for hydroxylation is 1. The Morgan fingerprint density at radius 3 is 1.71 bits per heavy atom. The molecule has 77 heavy (non-hydrogen) atoms. The van der Waals surface area contributed by atoms with E-state index >= 15 is 0 Å². The molecule has 1 saturated carbocycles. The fraction of sp³-hybridized carbons (Fsp3) is 0.342. The van der Waals surface area contributed by atoms with Gasteiger partial charge in [0.15, 0.2) is 0 Å². The molecule has 0 saturated heterocycles. The molecular formula is C73H75BN2S. The molecule has 0 unspecified atom stereocenters. The van der Waals surface area contributed by atoms with E-state index in [1.165, 1.54) is 177 Å². The third-order valence-electron chi connectivity index (χ3n) is 20.0. The van der Waals surface area contributed by atoms with E-state index in [4.69, 9.17) is 0 Å². The standard InChI is InChI=1S/C73H75BN2S/c1-44-35-54-55(71(7,8)34-33-70(54,5)6)41-61(44)76-62-42-57-56(72(9,10)52-28-20-21-29-53(52)73(57,11)12)40-59(62)74-58-39-51-50-38-48(69(2,3)4)31-32-66(50)77-67(51)43-63(58)75(60-30-22-19-27-49(60)46-25-17-14-18-26-46)64-36-47(37-65(76)68(64)74)45-23-15-13-16-24-45/h14,17-22,25-32,35-43,45H,13,15-16,23-24,33-34H2,1-12H3. The molecule has 9 aromatic rings. The second-order valence-corrected chi connectivity index (χ2v) is 28.6.